The lowest BCUT2D eigenvalue weighted by molar-refractivity contribution is 0.0705. The minimum Gasteiger partial charge on any atom is -0.451 e. The molecule has 3 nitrogen and oxygen atoms in total. The maximum atomic E-state index is 13.1. The van der Waals surface area contributed by atoms with Crippen LogP contribution in [0.2, 0.25) is 0 Å². The average molecular weight is 349 g/mol. The predicted molar refractivity (Wildman–Crippen MR) is 98.3 cm³/mol. The third-order valence-electron chi connectivity index (χ3n) is 4.90. The van der Waals surface area contributed by atoms with Crippen LogP contribution in [0.15, 0.2) is 71.1 Å². The zero-order valence-corrected chi connectivity index (χ0v) is 14.4. The molecule has 26 heavy (non-hydrogen) atoms. The Morgan fingerprint density at radius 2 is 1.81 bits per heavy atom. The fraction of sp³-hybridized carbons (Fsp3) is 0.227. The summed E-state index contributed by atoms with van der Waals surface area (Å²) in [5.41, 5.74) is 2.00. The Morgan fingerprint density at radius 3 is 2.58 bits per heavy atom. The first-order valence-electron chi connectivity index (χ1n) is 8.91. The molecule has 0 radical (unpaired) electrons. The monoisotopic (exact) mass is 349 g/mol. The van der Waals surface area contributed by atoms with Crippen LogP contribution < -0.4 is 0 Å². The van der Waals surface area contributed by atoms with Crippen molar-refractivity contribution in [1.29, 1.82) is 0 Å². The largest absolute Gasteiger partial charge is 0.451 e. The highest BCUT2D eigenvalue weighted by Crippen LogP contribution is 2.27. The average Bonchev–Trinajstić information content (AvgIpc) is 3.32. The van der Waals surface area contributed by atoms with Crippen molar-refractivity contribution in [3.63, 3.8) is 0 Å². The van der Waals surface area contributed by atoms with E-state index in [1.165, 1.54) is 17.7 Å². The van der Waals surface area contributed by atoms with Crippen LogP contribution in [0.25, 0.3) is 11.3 Å². The van der Waals surface area contributed by atoms with Crippen LogP contribution in [0.3, 0.4) is 0 Å². The predicted octanol–water partition coefficient (Wildman–Crippen LogP) is 4.93. The molecular formula is C22H20FNO2. The second-order valence-electron chi connectivity index (χ2n) is 6.66. The molecule has 1 saturated heterocycles. The molecule has 132 valence electrons. The zero-order valence-electron chi connectivity index (χ0n) is 14.4. The summed E-state index contributed by atoms with van der Waals surface area (Å²) in [5, 5.41) is 0. The molecule has 1 aliphatic heterocycles. The topological polar surface area (TPSA) is 33.5 Å². The second kappa shape index (κ2) is 7.16. The molecule has 4 heteroatoms. The molecule has 0 bridgehead atoms. The Morgan fingerprint density at radius 1 is 1.04 bits per heavy atom. The number of benzene rings is 2. The fourth-order valence-electron chi connectivity index (χ4n) is 3.57. The molecule has 2 aromatic carbocycles. The summed E-state index contributed by atoms with van der Waals surface area (Å²) < 4.78 is 18.8. The lowest BCUT2D eigenvalue weighted by Gasteiger charge is -2.24. The van der Waals surface area contributed by atoms with Crippen LogP contribution in [0, 0.1) is 5.82 Å². The summed E-state index contributed by atoms with van der Waals surface area (Å²) in [6.45, 7) is 0.753. The van der Waals surface area contributed by atoms with E-state index in [4.69, 9.17) is 4.42 Å². The van der Waals surface area contributed by atoms with E-state index in [1.807, 2.05) is 23.1 Å². The maximum absolute atomic E-state index is 13.1. The van der Waals surface area contributed by atoms with E-state index in [0.717, 1.165) is 31.4 Å². The van der Waals surface area contributed by atoms with Crippen LogP contribution in [0.5, 0.6) is 0 Å². The van der Waals surface area contributed by atoms with E-state index in [0.29, 0.717) is 11.5 Å². The summed E-state index contributed by atoms with van der Waals surface area (Å²) in [6.07, 6.45) is 2.87. The van der Waals surface area contributed by atoms with Gasteiger partial charge >= 0.3 is 0 Å². The molecule has 1 aromatic heterocycles. The van der Waals surface area contributed by atoms with Crippen LogP contribution >= 0.6 is 0 Å². The van der Waals surface area contributed by atoms with Gasteiger partial charge in [-0.15, -0.1) is 0 Å². The number of carbonyl (C=O) groups is 1. The second-order valence-corrected chi connectivity index (χ2v) is 6.66. The van der Waals surface area contributed by atoms with Gasteiger partial charge in [-0.3, -0.25) is 4.79 Å². The Hall–Kier alpha value is -2.88. The number of nitrogens with zero attached hydrogens (tertiary/aromatic N) is 1. The van der Waals surface area contributed by atoms with Gasteiger partial charge in [-0.25, -0.2) is 4.39 Å². The summed E-state index contributed by atoms with van der Waals surface area (Å²) >= 11 is 0. The minimum absolute atomic E-state index is 0.0724. The van der Waals surface area contributed by atoms with Crippen molar-refractivity contribution in [2.24, 2.45) is 0 Å². The minimum atomic E-state index is -0.294. The standard InChI is InChI=1S/C22H20FNO2/c23-18-10-8-17(9-11-18)20-12-13-21(26-20)22(25)24-14-4-7-19(24)15-16-5-2-1-3-6-16/h1-3,5-6,8-13,19H,4,7,14-15H2/t19-/m0/s1. The molecule has 3 aromatic rings. The van der Waals surface area contributed by atoms with Crippen molar-refractivity contribution in [3.05, 3.63) is 83.9 Å². The smallest absolute Gasteiger partial charge is 0.289 e. The van der Waals surface area contributed by atoms with Gasteiger partial charge in [-0.1, -0.05) is 30.3 Å². The van der Waals surface area contributed by atoms with Crippen molar-refractivity contribution in [2.75, 3.05) is 6.54 Å². The quantitative estimate of drug-likeness (QED) is 0.669. The first-order valence-corrected chi connectivity index (χ1v) is 8.91. The molecule has 0 aliphatic carbocycles. The summed E-state index contributed by atoms with van der Waals surface area (Å²) in [7, 11) is 0. The third kappa shape index (κ3) is 3.40. The number of hydrogen-bond donors (Lipinski definition) is 0. The Labute approximate surface area is 152 Å². The van der Waals surface area contributed by atoms with Crippen molar-refractivity contribution in [2.45, 2.75) is 25.3 Å². The van der Waals surface area contributed by atoms with Crippen LogP contribution in [-0.4, -0.2) is 23.4 Å². The molecule has 4 rings (SSSR count). The molecule has 0 unspecified atom stereocenters. The first kappa shape index (κ1) is 16.6. The van der Waals surface area contributed by atoms with Gasteiger partial charge < -0.3 is 9.32 Å². The molecule has 0 N–H and O–H groups in total. The summed E-state index contributed by atoms with van der Waals surface area (Å²) in [4.78, 5) is 14.8. The highest BCUT2D eigenvalue weighted by Gasteiger charge is 2.31. The number of halogens is 1. The lowest BCUT2D eigenvalue weighted by atomic mass is 10.0. The van der Waals surface area contributed by atoms with Crippen molar-refractivity contribution in [1.82, 2.24) is 4.90 Å². The Kier molecular flexibility index (Phi) is 4.57. The van der Waals surface area contributed by atoms with Crippen molar-refractivity contribution < 1.29 is 13.6 Å². The van der Waals surface area contributed by atoms with E-state index in [1.54, 1.807) is 24.3 Å². The van der Waals surface area contributed by atoms with Gasteiger partial charge in [0.2, 0.25) is 0 Å². The van der Waals surface area contributed by atoms with E-state index < -0.39 is 0 Å². The molecule has 1 atom stereocenters. The summed E-state index contributed by atoms with van der Waals surface area (Å²) in [5.74, 6) is 0.547. The fourth-order valence-corrected chi connectivity index (χ4v) is 3.57. The highest BCUT2D eigenvalue weighted by molar-refractivity contribution is 5.92. The van der Waals surface area contributed by atoms with Crippen molar-refractivity contribution >= 4 is 5.91 Å². The van der Waals surface area contributed by atoms with Crippen LogP contribution in [-0.2, 0) is 6.42 Å². The Balaban J connectivity index is 1.51. The number of carbonyl (C=O) groups excluding carboxylic acids is 1. The number of hydrogen-bond acceptors (Lipinski definition) is 2. The third-order valence-corrected chi connectivity index (χ3v) is 4.90. The molecule has 2 heterocycles. The number of likely N-dealkylation sites (tertiary alicyclic amines) is 1. The van der Waals surface area contributed by atoms with Gasteiger partial charge in [0.1, 0.15) is 11.6 Å². The summed E-state index contributed by atoms with van der Waals surface area (Å²) in [6, 6.07) is 20.0. The molecule has 0 saturated carbocycles. The van der Waals surface area contributed by atoms with Crippen LogP contribution in [0.4, 0.5) is 4.39 Å². The first-order chi connectivity index (χ1) is 12.7. The van der Waals surface area contributed by atoms with Gasteiger partial charge in [0, 0.05) is 18.2 Å². The highest BCUT2D eigenvalue weighted by atomic mass is 19.1. The molecular weight excluding hydrogens is 329 g/mol. The van der Waals surface area contributed by atoms with Crippen molar-refractivity contribution in [3.8, 4) is 11.3 Å². The van der Waals surface area contributed by atoms with Gasteiger partial charge in [-0.05, 0) is 61.2 Å². The van der Waals surface area contributed by atoms with Gasteiger partial charge in [0.25, 0.3) is 5.91 Å². The van der Waals surface area contributed by atoms with E-state index in [-0.39, 0.29) is 17.8 Å². The number of rotatable bonds is 4. The molecule has 1 fully saturated rings. The van der Waals surface area contributed by atoms with Gasteiger partial charge in [-0.2, -0.15) is 0 Å². The van der Waals surface area contributed by atoms with Crippen LogP contribution in [0.1, 0.15) is 29.0 Å². The molecule has 1 amide bonds. The van der Waals surface area contributed by atoms with Gasteiger partial charge in [0.05, 0.1) is 0 Å². The lowest BCUT2D eigenvalue weighted by Crippen LogP contribution is -2.36. The van der Waals surface area contributed by atoms with E-state index in [2.05, 4.69) is 12.1 Å². The maximum Gasteiger partial charge on any atom is 0.289 e. The normalized spacial score (nSPS) is 16.8. The van der Waals surface area contributed by atoms with Gasteiger partial charge in [0.15, 0.2) is 5.76 Å². The number of furan rings is 1. The zero-order chi connectivity index (χ0) is 17.9. The Bertz CT molecular complexity index is 886. The van der Waals surface area contributed by atoms with E-state index in [9.17, 15) is 9.18 Å². The SMILES string of the molecule is O=C(c1ccc(-c2ccc(F)cc2)o1)N1CCC[C@H]1Cc1ccccc1. The number of amides is 1. The van der Waals surface area contributed by atoms with E-state index >= 15 is 0 Å². The molecule has 0 spiro atoms. The molecule has 1 aliphatic rings.